The van der Waals surface area contributed by atoms with Gasteiger partial charge in [-0.05, 0) is 35.6 Å². The molecule has 0 radical (unpaired) electrons. The molecule has 2 nitrogen and oxygen atoms in total. The number of halogens is 3. The zero-order valence-corrected chi connectivity index (χ0v) is 10.6. The van der Waals surface area contributed by atoms with Crippen LogP contribution >= 0.6 is 0 Å². The van der Waals surface area contributed by atoms with E-state index in [4.69, 9.17) is 0 Å². The van der Waals surface area contributed by atoms with Gasteiger partial charge in [0.1, 0.15) is 5.75 Å². The summed E-state index contributed by atoms with van der Waals surface area (Å²) >= 11 is 0. The highest BCUT2D eigenvalue weighted by atomic mass is 19.4. The van der Waals surface area contributed by atoms with Gasteiger partial charge in [0.05, 0.1) is 0 Å². The molecule has 2 rings (SSSR count). The van der Waals surface area contributed by atoms with Crippen molar-refractivity contribution in [2.75, 3.05) is 5.32 Å². The van der Waals surface area contributed by atoms with E-state index < -0.39 is 6.36 Å². The smallest absolute Gasteiger partial charge is 0.406 e. The summed E-state index contributed by atoms with van der Waals surface area (Å²) < 4.78 is 40.3. The van der Waals surface area contributed by atoms with E-state index in [0.717, 1.165) is 11.3 Å². The van der Waals surface area contributed by atoms with E-state index >= 15 is 0 Å². The molecule has 1 aliphatic rings. The number of ether oxygens (including phenoxy) is 1. The van der Waals surface area contributed by atoms with Crippen molar-refractivity contribution in [3.8, 4) is 5.75 Å². The van der Waals surface area contributed by atoms with Crippen molar-refractivity contribution in [2.45, 2.75) is 39.6 Å². The lowest BCUT2D eigenvalue weighted by Gasteiger charge is -2.27. The number of alkyl halides is 3. The molecule has 0 fully saturated rings. The fourth-order valence-electron chi connectivity index (χ4n) is 2.06. The summed E-state index contributed by atoms with van der Waals surface area (Å²) in [7, 11) is 0. The van der Waals surface area contributed by atoms with Crippen LogP contribution in [0.5, 0.6) is 5.75 Å². The van der Waals surface area contributed by atoms with Crippen LogP contribution < -0.4 is 10.1 Å². The maximum Gasteiger partial charge on any atom is 0.573 e. The average Bonchev–Trinajstić information content (AvgIpc) is 2.57. The first kappa shape index (κ1) is 13.1. The van der Waals surface area contributed by atoms with E-state index in [-0.39, 0.29) is 17.2 Å². The Morgan fingerprint density at radius 3 is 2.44 bits per heavy atom. The van der Waals surface area contributed by atoms with E-state index in [9.17, 15) is 13.2 Å². The molecule has 0 saturated carbocycles. The van der Waals surface area contributed by atoms with Gasteiger partial charge >= 0.3 is 6.36 Å². The fraction of sp³-hybridized carbons (Fsp3) is 0.538. The summed E-state index contributed by atoms with van der Waals surface area (Å²) in [6, 6.07) is 4.67. The molecule has 5 heteroatoms. The predicted octanol–water partition coefficient (Wildman–Crippen LogP) is 3.97. The van der Waals surface area contributed by atoms with Crippen LogP contribution in [0.25, 0.3) is 0 Å². The second-order valence-electron chi connectivity index (χ2n) is 5.63. The zero-order chi connectivity index (χ0) is 13.6. The molecule has 0 amide bonds. The minimum Gasteiger partial charge on any atom is -0.406 e. The lowest BCUT2D eigenvalue weighted by Crippen LogP contribution is -2.31. The van der Waals surface area contributed by atoms with Gasteiger partial charge in [0.15, 0.2) is 0 Å². The SMILES string of the molecule is CC(C)(C)C1Cc2cc(OC(F)(F)F)ccc2N1. The standard InChI is InChI=1S/C13H16F3NO/c1-12(2,3)11-7-8-6-9(18-13(14,15)16)4-5-10(8)17-11/h4-6,11,17H,7H2,1-3H3. The molecule has 1 atom stereocenters. The van der Waals surface area contributed by atoms with Crippen molar-refractivity contribution < 1.29 is 17.9 Å². The van der Waals surface area contributed by atoms with E-state index in [1.165, 1.54) is 12.1 Å². The molecule has 1 unspecified atom stereocenters. The fourth-order valence-corrected chi connectivity index (χ4v) is 2.06. The first-order chi connectivity index (χ1) is 8.15. The van der Waals surface area contributed by atoms with E-state index in [1.807, 2.05) is 0 Å². The average molecular weight is 259 g/mol. The summed E-state index contributed by atoms with van der Waals surface area (Å²) in [4.78, 5) is 0. The second kappa shape index (κ2) is 4.07. The van der Waals surface area contributed by atoms with Gasteiger partial charge in [-0.2, -0.15) is 0 Å². The third-order valence-electron chi connectivity index (χ3n) is 3.11. The Morgan fingerprint density at radius 2 is 1.89 bits per heavy atom. The number of anilines is 1. The van der Waals surface area contributed by atoms with Gasteiger partial charge in [-0.3, -0.25) is 0 Å². The Hall–Kier alpha value is -1.39. The highest BCUT2D eigenvalue weighted by Crippen LogP contribution is 2.37. The maximum atomic E-state index is 12.1. The van der Waals surface area contributed by atoms with Crippen LogP contribution in [0.1, 0.15) is 26.3 Å². The maximum absolute atomic E-state index is 12.1. The Bertz CT molecular complexity index is 449. The van der Waals surface area contributed by atoms with Gasteiger partial charge in [-0.15, -0.1) is 13.2 Å². The first-order valence-electron chi connectivity index (χ1n) is 5.80. The van der Waals surface area contributed by atoms with Crippen LogP contribution in [-0.2, 0) is 6.42 Å². The topological polar surface area (TPSA) is 21.3 Å². The van der Waals surface area contributed by atoms with E-state index in [1.54, 1.807) is 6.07 Å². The molecule has 1 aromatic carbocycles. The highest BCUT2D eigenvalue weighted by molar-refractivity contribution is 5.59. The van der Waals surface area contributed by atoms with Gasteiger partial charge in [-0.25, -0.2) is 0 Å². The molecule has 18 heavy (non-hydrogen) atoms. The van der Waals surface area contributed by atoms with Gasteiger partial charge in [0, 0.05) is 11.7 Å². The van der Waals surface area contributed by atoms with Crippen LogP contribution in [-0.4, -0.2) is 12.4 Å². The van der Waals surface area contributed by atoms with Crippen LogP contribution in [0.4, 0.5) is 18.9 Å². The summed E-state index contributed by atoms with van der Waals surface area (Å²) in [6.45, 7) is 6.30. The number of fused-ring (bicyclic) bond motifs is 1. The largest absolute Gasteiger partial charge is 0.573 e. The molecule has 0 bridgehead atoms. The lowest BCUT2D eigenvalue weighted by molar-refractivity contribution is -0.274. The molecule has 0 spiro atoms. The Morgan fingerprint density at radius 1 is 1.22 bits per heavy atom. The third-order valence-corrected chi connectivity index (χ3v) is 3.11. The monoisotopic (exact) mass is 259 g/mol. The Kier molecular flexibility index (Phi) is 2.95. The molecule has 100 valence electrons. The van der Waals surface area contributed by atoms with Crippen LogP contribution in [0.3, 0.4) is 0 Å². The molecule has 1 aromatic rings. The number of hydrogen-bond acceptors (Lipinski definition) is 2. The summed E-state index contributed by atoms with van der Waals surface area (Å²) in [6.07, 6.45) is -3.92. The number of nitrogens with one attached hydrogen (secondary N) is 1. The quantitative estimate of drug-likeness (QED) is 0.824. The number of rotatable bonds is 1. The van der Waals surface area contributed by atoms with Crippen molar-refractivity contribution in [1.82, 2.24) is 0 Å². The lowest BCUT2D eigenvalue weighted by atomic mass is 9.85. The molecule has 0 aliphatic carbocycles. The summed E-state index contributed by atoms with van der Waals surface area (Å²) in [5.41, 5.74) is 1.82. The molecular formula is C13H16F3NO. The van der Waals surface area contributed by atoms with E-state index in [0.29, 0.717) is 6.42 Å². The van der Waals surface area contributed by atoms with E-state index in [2.05, 4.69) is 30.8 Å². The predicted molar refractivity (Wildman–Crippen MR) is 63.7 cm³/mol. The van der Waals surface area contributed by atoms with Gasteiger partial charge < -0.3 is 10.1 Å². The van der Waals surface area contributed by atoms with Crippen molar-refractivity contribution in [2.24, 2.45) is 5.41 Å². The molecule has 0 saturated heterocycles. The van der Waals surface area contributed by atoms with Crippen LogP contribution in [0.15, 0.2) is 18.2 Å². The summed E-state index contributed by atoms with van der Waals surface area (Å²) in [5, 5.41) is 3.33. The van der Waals surface area contributed by atoms with Gasteiger partial charge in [0.25, 0.3) is 0 Å². The van der Waals surface area contributed by atoms with Crippen molar-refractivity contribution >= 4 is 5.69 Å². The zero-order valence-electron chi connectivity index (χ0n) is 10.6. The molecule has 0 aromatic heterocycles. The first-order valence-corrected chi connectivity index (χ1v) is 5.80. The molecule has 1 N–H and O–H groups in total. The Balaban J connectivity index is 2.17. The van der Waals surface area contributed by atoms with Crippen LogP contribution in [0.2, 0.25) is 0 Å². The number of hydrogen-bond donors (Lipinski definition) is 1. The molecule has 1 aliphatic heterocycles. The minimum atomic E-state index is -4.64. The minimum absolute atomic E-state index is 0.0596. The Labute approximate surface area is 104 Å². The molecule has 1 heterocycles. The van der Waals surface area contributed by atoms with Gasteiger partial charge in [-0.1, -0.05) is 20.8 Å². The summed E-state index contributed by atoms with van der Waals surface area (Å²) in [5.74, 6) is -0.155. The molecular weight excluding hydrogens is 243 g/mol. The second-order valence-corrected chi connectivity index (χ2v) is 5.63. The van der Waals surface area contributed by atoms with Crippen LogP contribution in [0, 0.1) is 5.41 Å². The van der Waals surface area contributed by atoms with Gasteiger partial charge in [0.2, 0.25) is 0 Å². The normalized spacial score (nSPS) is 19.3. The third kappa shape index (κ3) is 2.89. The van der Waals surface area contributed by atoms with Crippen molar-refractivity contribution in [3.63, 3.8) is 0 Å². The van der Waals surface area contributed by atoms with Crippen molar-refractivity contribution in [3.05, 3.63) is 23.8 Å². The number of benzene rings is 1. The highest BCUT2D eigenvalue weighted by Gasteiger charge is 2.33. The van der Waals surface area contributed by atoms with Crippen molar-refractivity contribution in [1.29, 1.82) is 0 Å².